The lowest BCUT2D eigenvalue weighted by Crippen LogP contribution is -2.73. The van der Waals surface area contributed by atoms with Gasteiger partial charge in [-0.2, -0.15) is 4.31 Å². The molecule has 0 bridgehead atoms. The molecule has 3 nitrogen and oxygen atoms in total. The molecule has 3 aromatic carbocycles. The highest BCUT2D eigenvalue weighted by atomic mass is 32.2. The SMILES string of the molecule is Cc1ccc(S(=O)(=O)N2CC3(CCCCC3)[C@@H]2C[Si](c2ccccc2)(c2ccccc2)C(C)(C)C)cc1. The Kier molecular flexibility index (Phi) is 7.01. The highest BCUT2D eigenvalue weighted by Crippen LogP contribution is 2.55. The summed E-state index contributed by atoms with van der Waals surface area (Å²) in [4.78, 5) is 0.427. The van der Waals surface area contributed by atoms with Gasteiger partial charge in [-0.05, 0) is 43.0 Å². The fourth-order valence-electron chi connectivity index (χ4n) is 7.19. The van der Waals surface area contributed by atoms with E-state index in [2.05, 4.69) is 81.4 Å². The first kappa shape index (κ1) is 26.4. The van der Waals surface area contributed by atoms with E-state index in [1.54, 1.807) is 12.1 Å². The van der Waals surface area contributed by atoms with Gasteiger partial charge in [0.2, 0.25) is 10.0 Å². The van der Waals surface area contributed by atoms with Crippen molar-refractivity contribution in [3.63, 3.8) is 0 Å². The van der Waals surface area contributed by atoms with Crippen molar-refractivity contribution >= 4 is 28.5 Å². The topological polar surface area (TPSA) is 37.4 Å². The lowest BCUT2D eigenvalue weighted by molar-refractivity contribution is -0.0319. The third-order valence-corrected chi connectivity index (χ3v) is 17.4. The Balaban J connectivity index is 1.66. The van der Waals surface area contributed by atoms with Crippen LogP contribution in [0.3, 0.4) is 0 Å². The molecule has 1 aliphatic heterocycles. The number of aryl methyl sites for hydroxylation is 1. The zero-order valence-electron chi connectivity index (χ0n) is 22.8. The largest absolute Gasteiger partial charge is 0.243 e. The van der Waals surface area contributed by atoms with Crippen molar-refractivity contribution < 1.29 is 8.42 Å². The molecular weight excluding hydrogens is 491 g/mol. The van der Waals surface area contributed by atoms with Gasteiger partial charge < -0.3 is 0 Å². The number of benzene rings is 3. The maximum absolute atomic E-state index is 14.1. The number of hydrogen-bond acceptors (Lipinski definition) is 2. The molecule has 5 rings (SSSR count). The van der Waals surface area contributed by atoms with Crippen molar-refractivity contribution in [1.82, 2.24) is 4.31 Å². The molecule has 196 valence electrons. The van der Waals surface area contributed by atoms with Gasteiger partial charge in [0.1, 0.15) is 8.07 Å². The van der Waals surface area contributed by atoms with Crippen molar-refractivity contribution in [1.29, 1.82) is 0 Å². The molecule has 0 aromatic heterocycles. The molecule has 5 heteroatoms. The van der Waals surface area contributed by atoms with Crippen LogP contribution in [0.5, 0.6) is 0 Å². The fourth-order valence-corrected chi connectivity index (χ4v) is 15.0. The monoisotopic (exact) mass is 531 g/mol. The summed E-state index contributed by atoms with van der Waals surface area (Å²) in [6.07, 6.45) is 5.94. The van der Waals surface area contributed by atoms with Gasteiger partial charge in [0, 0.05) is 18.0 Å². The minimum Gasteiger partial charge on any atom is -0.207 e. The number of sulfonamides is 1. The predicted molar refractivity (Wildman–Crippen MR) is 157 cm³/mol. The Morgan fingerprint density at radius 1 is 0.811 bits per heavy atom. The van der Waals surface area contributed by atoms with Crippen molar-refractivity contribution in [3.05, 3.63) is 90.5 Å². The summed E-state index contributed by atoms with van der Waals surface area (Å²) in [5.74, 6) is 0. The zero-order chi connectivity index (χ0) is 26.3. The molecule has 3 aromatic rings. The van der Waals surface area contributed by atoms with Crippen LogP contribution in [0, 0.1) is 12.3 Å². The molecule has 0 unspecified atom stereocenters. The number of hydrogen-bond donors (Lipinski definition) is 0. The second-order valence-corrected chi connectivity index (χ2v) is 19.2. The molecule has 1 saturated carbocycles. The third kappa shape index (κ3) is 4.53. The molecule has 2 fully saturated rings. The normalized spacial score (nSPS) is 20.5. The van der Waals surface area contributed by atoms with Gasteiger partial charge >= 0.3 is 0 Å². The standard InChI is InChI=1S/C32H41NO2SSi/c1-26-18-20-27(21-19-26)36(34,35)33-25-32(22-12-7-13-23-32)30(33)24-37(31(2,3)4,28-14-8-5-9-15-28)29-16-10-6-11-17-29/h5-6,8-11,14-21,30H,7,12-13,22-25H2,1-4H3/t30-/m0/s1. The van der Waals surface area contributed by atoms with E-state index in [0.29, 0.717) is 11.4 Å². The molecular formula is C32H41NO2SSi. The number of rotatable bonds is 6. The third-order valence-electron chi connectivity index (χ3n) is 9.32. The summed E-state index contributed by atoms with van der Waals surface area (Å²) in [6, 6.07) is 30.4. The average molecular weight is 532 g/mol. The Morgan fingerprint density at radius 3 is 1.81 bits per heavy atom. The molecule has 1 aliphatic carbocycles. The molecule has 1 heterocycles. The maximum Gasteiger partial charge on any atom is 0.243 e. The van der Waals surface area contributed by atoms with E-state index in [1.807, 2.05) is 23.4 Å². The molecule has 37 heavy (non-hydrogen) atoms. The van der Waals surface area contributed by atoms with E-state index in [4.69, 9.17) is 0 Å². The summed E-state index contributed by atoms with van der Waals surface area (Å²) in [6.45, 7) is 9.80. The van der Waals surface area contributed by atoms with Crippen LogP contribution in [-0.4, -0.2) is 33.4 Å². The van der Waals surface area contributed by atoms with Crippen LogP contribution < -0.4 is 10.4 Å². The van der Waals surface area contributed by atoms with Crippen molar-refractivity contribution in [2.45, 2.75) is 81.8 Å². The fraction of sp³-hybridized carbons (Fsp3) is 0.438. The van der Waals surface area contributed by atoms with Crippen LogP contribution in [0.25, 0.3) is 0 Å². The smallest absolute Gasteiger partial charge is 0.207 e. The lowest BCUT2D eigenvalue weighted by atomic mass is 9.64. The number of nitrogens with zero attached hydrogens (tertiary/aromatic N) is 1. The van der Waals surface area contributed by atoms with Gasteiger partial charge in [-0.15, -0.1) is 0 Å². The van der Waals surface area contributed by atoms with Crippen LogP contribution in [-0.2, 0) is 10.0 Å². The minimum absolute atomic E-state index is 0.000441. The molecule has 0 N–H and O–H groups in total. The summed E-state index contributed by atoms with van der Waals surface area (Å²) in [5, 5.41) is 2.80. The van der Waals surface area contributed by atoms with Crippen LogP contribution in [0.15, 0.2) is 89.8 Å². The van der Waals surface area contributed by atoms with E-state index in [1.165, 1.54) is 29.6 Å². The van der Waals surface area contributed by atoms with Gasteiger partial charge in [0.05, 0.1) is 4.90 Å². The van der Waals surface area contributed by atoms with Crippen LogP contribution in [0.1, 0.15) is 58.4 Å². The Labute approximate surface area is 225 Å². The van der Waals surface area contributed by atoms with E-state index in [9.17, 15) is 8.42 Å². The van der Waals surface area contributed by atoms with Crippen molar-refractivity contribution in [2.75, 3.05) is 6.54 Å². The van der Waals surface area contributed by atoms with Gasteiger partial charge in [-0.25, -0.2) is 8.42 Å². The summed E-state index contributed by atoms with van der Waals surface area (Å²) >= 11 is 0. The Bertz CT molecular complexity index is 1270. The predicted octanol–water partition coefficient (Wildman–Crippen LogP) is 6.38. The lowest BCUT2D eigenvalue weighted by Gasteiger charge is -2.61. The second kappa shape index (κ2) is 9.83. The van der Waals surface area contributed by atoms with E-state index in [-0.39, 0.29) is 16.5 Å². The molecule has 1 saturated heterocycles. The van der Waals surface area contributed by atoms with Crippen LogP contribution in [0.2, 0.25) is 11.1 Å². The zero-order valence-corrected chi connectivity index (χ0v) is 24.6. The molecule has 1 atom stereocenters. The second-order valence-electron chi connectivity index (χ2n) is 12.4. The van der Waals surface area contributed by atoms with Crippen LogP contribution >= 0.6 is 0 Å². The Hall–Kier alpha value is -2.21. The molecule has 2 aliphatic rings. The van der Waals surface area contributed by atoms with Gasteiger partial charge in [0.25, 0.3) is 0 Å². The first-order chi connectivity index (χ1) is 17.6. The average Bonchev–Trinajstić information content (AvgIpc) is 2.89. The minimum atomic E-state index is -3.57. The van der Waals surface area contributed by atoms with Gasteiger partial charge in [0.15, 0.2) is 0 Å². The van der Waals surface area contributed by atoms with Gasteiger partial charge in [-0.1, -0.05) is 129 Å². The quantitative estimate of drug-likeness (QED) is 0.346. The molecule has 1 spiro atoms. The molecule has 0 amide bonds. The highest BCUT2D eigenvalue weighted by Gasteiger charge is 2.61. The van der Waals surface area contributed by atoms with Crippen molar-refractivity contribution in [3.8, 4) is 0 Å². The Morgan fingerprint density at radius 2 is 1.32 bits per heavy atom. The first-order valence-corrected chi connectivity index (χ1v) is 17.4. The first-order valence-electron chi connectivity index (χ1n) is 13.8. The highest BCUT2D eigenvalue weighted by molar-refractivity contribution is 7.89. The molecule has 0 radical (unpaired) electrons. The van der Waals surface area contributed by atoms with Gasteiger partial charge in [-0.3, -0.25) is 0 Å². The van der Waals surface area contributed by atoms with E-state index >= 15 is 0 Å². The van der Waals surface area contributed by atoms with Crippen LogP contribution in [0.4, 0.5) is 0 Å². The van der Waals surface area contributed by atoms with E-state index in [0.717, 1.165) is 24.4 Å². The van der Waals surface area contributed by atoms with Crippen molar-refractivity contribution in [2.24, 2.45) is 5.41 Å². The van der Waals surface area contributed by atoms with E-state index < -0.39 is 18.1 Å². The summed E-state index contributed by atoms with van der Waals surface area (Å²) in [7, 11) is -6.00. The summed E-state index contributed by atoms with van der Waals surface area (Å²) in [5.41, 5.74) is 1.17. The maximum atomic E-state index is 14.1. The summed E-state index contributed by atoms with van der Waals surface area (Å²) < 4.78 is 30.1.